The molecule has 0 atom stereocenters. The van der Waals surface area contributed by atoms with Crippen molar-refractivity contribution in [2.24, 2.45) is 0 Å². The molecule has 0 aromatic heterocycles. The molecule has 0 saturated carbocycles. The second-order valence-electron chi connectivity index (χ2n) is 7.08. The summed E-state index contributed by atoms with van der Waals surface area (Å²) in [4.78, 5) is 26.2. The highest BCUT2D eigenvalue weighted by atomic mass is 32.2. The Morgan fingerprint density at radius 2 is 1.60 bits per heavy atom. The van der Waals surface area contributed by atoms with Crippen LogP contribution in [0.1, 0.15) is 36.0 Å². The second kappa shape index (κ2) is 9.82. The van der Waals surface area contributed by atoms with Crippen molar-refractivity contribution >= 4 is 27.5 Å². The minimum absolute atomic E-state index is 0.00110. The van der Waals surface area contributed by atoms with Gasteiger partial charge in [0.05, 0.1) is 4.90 Å². The zero-order valence-corrected chi connectivity index (χ0v) is 17.3. The molecule has 1 aliphatic rings. The molecule has 2 aromatic carbocycles. The molecular weight excluding hydrogens is 409 g/mol. The molecule has 1 aliphatic heterocycles. The molecule has 0 aliphatic carbocycles. The number of nitrogens with one attached hydrogen (secondary N) is 2. The maximum Gasteiger partial charge on any atom is 0.253 e. The van der Waals surface area contributed by atoms with Gasteiger partial charge in [0.2, 0.25) is 15.9 Å². The van der Waals surface area contributed by atoms with Crippen molar-refractivity contribution in [3.05, 3.63) is 59.9 Å². The third kappa shape index (κ3) is 5.87. The zero-order chi connectivity index (χ0) is 21.6. The van der Waals surface area contributed by atoms with E-state index in [1.807, 2.05) is 4.90 Å². The second-order valence-corrected chi connectivity index (χ2v) is 8.85. The normalized spacial score (nSPS) is 14.0. The number of likely N-dealkylation sites (tertiary alicyclic amines) is 1. The molecule has 160 valence electrons. The van der Waals surface area contributed by atoms with Gasteiger partial charge in [0.1, 0.15) is 5.82 Å². The van der Waals surface area contributed by atoms with Crippen molar-refractivity contribution in [3.8, 4) is 0 Å². The Hall–Kier alpha value is -2.78. The number of rotatable bonds is 8. The summed E-state index contributed by atoms with van der Waals surface area (Å²) >= 11 is 0. The maximum atomic E-state index is 12.9. The highest BCUT2D eigenvalue weighted by molar-refractivity contribution is 7.89. The van der Waals surface area contributed by atoms with Crippen LogP contribution in [-0.2, 0) is 14.8 Å². The first-order chi connectivity index (χ1) is 14.3. The van der Waals surface area contributed by atoms with Gasteiger partial charge in [-0.3, -0.25) is 9.59 Å². The van der Waals surface area contributed by atoms with E-state index in [1.54, 1.807) is 24.3 Å². The average Bonchev–Trinajstić information content (AvgIpc) is 3.26. The number of hydrogen-bond donors (Lipinski definition) is 2. The Bertz CT molecular complexity index is 986. The number of halogens is 1. The number of hydrogen-bond acceptors (Lipinski definition) is 4. The topological polar surface area (TPSA) is 95.6 Å². The lowest BCUT2D eigenvalue weighted by atomic mass is 10.2. The summed E-state index contributed by atoms with van der Waals surface area (Å²) in [6.07, 6.45) is 2.48. The summed E-state index contributed by atoms with van der Waals surface area (Å²) in [7, 11) is -3.74. The molecule has 7 nitrogen and oxygen atoms in total. The minimum atomic E-state index is -3.74. The summed E-state index contributed by atoms with van der Waals surface area (Å²) in [6, 6.07) is 11.3. The molecule has 30 heavy (non-hydrogen) atoms. The quantitative estimate of drug-likeness (QED) is 0.626. The van der Waals surface area contributed by atoms with E-state index in [0.29, 0.717) is 17.7 Å². The zero-order valence-electron chi connectivity index (χ0n) is 16.4. The monoisotopic (exact) mass is 433 g/mol. The fourth-order valence-corrected chi connectivity index (χ4v) is 4.25. The Balaban J connectivity index is 1.42. The van der Waals surface area contributed by atoms with E-state index < -0.39 is 15.8 Å². The van der Waals surface area contributed by atoms with Gasteiger partial charge in [-0.15, -0.1) is 0 Å². The van der Waals surface area contributed by atoms with Crippen molar-refractivity contribution in [2.45, 2.75) is 30.6 Å². The van der Waals surface area contributed by atoms with Crippen LogP contribution < -0.4 is 10.0 Å². The van der Waals surface area contributed by atoms with Gasteiger partial charge in [0.15, 0.2) is 0 Å². The summed E-state index contributed by atoms with van der Waals surface area (Å²) in [5.41, 5.74) is 1.16. The first kappa shape index (κ1) is 21.9. The molecule has 0 spiro atoms. The molecule has 0 radical (unpaired) electrons. The predicted octanol–water partition coefficient (Wildman–Crippen LogP) is 2.76. The van der Waals surface area contributed by atoms with Crippen LogP contribution in [0.3, 0.4) is 0 Å². The minimum Gasteiger partial charge on any atom is -0.339 e. The summed E-state index contributed by atoms with van der Waals surface area (Å²) in [6.45, 7) is 1.64. The first-order valence-electron chi connectivity index (χ1n) is 9.79. The van der Waals surface area contributed by atoms with Crippen molar-refractivity contribution in [2.75, 3.05) is 25.0 Å². The van der Waals surface area contributed by atoms with E-state index in [-0.39, 0.29) is 29.7 Å². The third-order valence-corrected chi connectivity index (χ3v) is 6.28. The van der Waals surface area contributed by atoms with Crippen molar-refractivity contribution in [1.82, 2.24) is 9.62 Å². The molecule has 0 unspecified atom stereocenters. The van der Waals surface area contributed by atoms with Crippen LogP contribution in [-0.4, -0.2) is 44.8 Å². The molecule has 0 bridgehead atoms. The summed E-state index contributed by atoms with van der Waals surface area (Å²) in [5, 5.41) is 2.73. The Morgan fingerprint density at radius 1 is 0.967 bits per heavy atom. The highest BCUT2D eigenvalue weighted by Gasteiger charge is 2.19. The number of anilines is 1. The van der Waals surface area contributed by atoms with Crippen molar-refractivity contribution in [3.63, 3.8) is 0 Å². The summed E-state index contributed by atoms with van der Waals surface area (Å²) < 4.78 is 39.5. The van der Waals surface area contributed by atoms with E-state index in [0.717, 1.165) is 38.1 Å². The van der Waals surface area contributed by atoms with Crippen LogP contribution in [0.15, 0.2) is 53.4 Å². The largest absolute Gasteiger partial charge is 0.339 e. The van der Waals surface area contributed by atoms with Gasteiger partial charge in [0.25, 0.3) is 5.91 Å². The van der Waals surface area contributed by atoms with Gasteiger partial charge in [-0.2, -0.15) is 0 Å². The van der Waals surface area contributed by atoms with E-state index in [2.05, 4.69) is 10.0 Å². The highest BCUT2D eigenvalue weighted by Crippen LogP contribution is 2.16. The number of carbonyl (C=O) groups is 2. The maximum absolute atomic E-state index is 12.9. The lowest BCUT2D eigenvalue weighted by Gasteiger charge is -2.15. The van der Waals surface area contributed by atoms with Crippen LogP contribution in [0, 0.1) is 5.82 Å². The van der Waals surface area contributed by atoms with Gasteiger partial charge in [-0.05, 0) is 67.8 Å². The van der Waals surface area contributed by atoms with Gasteiger partial charge < -0.3 is 10.2 Å². The molecule has 1 fully saturated rings. The number of nitrogens with zero attached hydrogens (tertiary/aromatic N) is 1. The fourth-order valence-electron chi connectivity index (χ4n) is 3.17. The predicted molar refractivity (Wildman–Crippen MR) is 111 cm³/mol. The third-order valence-electron chi connectivity index (χ3n) is 4.81. The Morgan fingerprint density at radius 3 is 2.23 bits per heavy atom. The molecular formula is C21H24FN3O4S. The number of sulfonamides is 1. The smallest absolute Gasteiger partial charge is 0.253 e. The van der Waals surface area contributed by atoms with Gasteiger partial charge >= 0.3 is 0 Å². The molecule has 9 heteroatoms. The van der Waals surface area contributed by atoms with Crippen molar-refractivity contribution < 1.29 is 22.4 Å². The van der Waals surface area contributed by atoms with E-state index in [9.17, 15) is 22.4 Å². The van der Waals surface area contributed by atoms with E-state index >= 15 is 0 Å². The van der Waals surface area contributed by atoms with Crippen LogP contribution >= 0.6 is 0 Å². The molecule has 2 N–H and O–H groups in total. The van der Waals surface area contributed by atoms with E-state index in [1.165, 1.54) is 12.1 Å². The SMILES string of the molecule is O=C(CCCNS(=O)(=O)c1ccc(F)cc1)Nc1ccc(C(=O)N2CCCC2)cc1. The first-order valence-corrected chi connectivity index (χ1v) is 11.3. The van der Waals surface area contributed by atoms with Crippen LogP contribution in [0.5, 0.6) is 0 Å². The Labute approximate surface area is 175 Å². The molecule has 2 amide bonds. The number of benzene rings is 2. The van der Waals surface area contributed by atoms with Crippen LogP contribution in [0.4, 0.5) is 10.1 Å². The lowest BCUT2D eigenvalue weighted by Crippen LogP contribution is -2.27. The molecule has 2 aromatic rings. The van der Waals surface area contributed by atoms with Gasteiger partial charge in [0, 0.05) is 37.3 Å². The molecule has 1 heterocycles. The average molecular weight is 434 g/mol. The van der Waals surface area contributed by atoms with Gasteiger partial charge in [-0.25, -0.2) is 17.5 Å². The van der Waals surface area contributed by atoms with Gasteiger partial charge in [-0.1, -0.05) is 0 Å². The van der Waals surface area contributed by atoms with Crippen LogP contribution in [0.25, 0.3) is 0 Å². The number of carbonyl (C=O) groups excluding carboxylic acids is 2. The van der Waals surface area contributed by atoms with E-state index in [4.69, 9.17) is 0 Å². The fraction of sp³-hybridized carbons (Fsp3) is 0.333. The van der Waals surface area contributed by atoms with Crippen LogP contribution in [0.2, 0.25) is 0 Å². The standard InChI is InChI=1S/C21H24FN3O4S/c22-17-7-11-19(12-8-17)30(28,29)23-13-3-4-20(26)24-18-9-5-16(6-10-18)21(27)25-14-1-2-15-25/h5-12,23H,1-4,13-15H2,(H,24,26). The summed E-state index contributed by atoms with van der Waals surface area (Å²) in [5.74, 6) is -0.771. The Kier molecular flexibility index (Phi) is 7.17. The molecule has 1 saturated heterocycles. The molecule has 3 rings (SSSR count). The lowest BCUT2D eigenvalue weighted by molar-refractivity contribution is -0.116. The van der Waals surface area contributed by atoms with Crippen molar-refractivity contribution in [1.29, 1.82) is 0 Å². The number of amides is 2.